The number of carboxylic acids is 1. The minimum atomic E-state index is -0.870. The van der Waals surface area contributed by atoms with Crippen molar-refractivity contribution in [2.24, 2.45) is 11.8 Å². The van der Waals surface area contributed by atoms with Gasteiger partial charge in [-0.2, -0.15) is 0 Å². The van der Waals surface area contributed by atoms with Crippen molar-refractivity contribution in [3.63, 3.8) is 0 Å². The number of rotatable bonds is 6. The molecule has 0 bridgehead atoms. The summed E-state index contributed by atoms with van der Waals surface area (Å²) in [7, 11) is 0. The maximum absolute atomic E-state index is 10.4. The van der Waals surface area contributed by atoms with Crippen LogP contribution in [0.2, 0.25) is 0 Å². The average molecular weight is 206 g/mol. The molecule has 0 spiro atoms. The molecule has 76 valence electrons. The molecule has 14 heavy (non-hydrogen) atoms. The molecule has 0 saturated heterocycles. The Balaban J connectivity index is 0.00000169. The topological polar surface area (TPSA) is 40.1 Å². The fourth-order valence-electron chi connectivity index (χ4n) is 2.16. The van der Waals surface area contributed by atoms with E-state index in [2.05, 4.69) is 6.92 Å². The van der Waals surface area contributed by atoms with Crippen LogP contribution in [0.15, 0.2) is 0 Å². The predicted octanol–water partition coefficient (Wildman–Crippen LogP) is -1.26. The van der Waals surface area contributed by atoms with Crippen molar-refractivity contribution in [2.75, 3.05) is 0 Å². The number of carbonyl (C=O) groups excluding carboxylic acids is 1. The van der Waals surface area contributed by atoms with Gasteiger partial charge in [0.05, 0.1) is 0 Å². The van der Waals surface area contributed by atoms with Crippen LogP contribution in [0.3, 0.4) is 0 Å². The first-order valence-corrected chi connectivity index (χ1v) is 5.44. The van der Waals surface area contributed by atoms with Crippen LogP contribution in [0.25, 0.3) is 0 Å². The van der Waals surface area contributed by atoms with Crippen molar-refractivity contribution in [2.45, 2.75) is 51.9 Å². The van der Waals surface area contributed by atoms with Crippen molar-refractivity contribution < 1.29 is 39.5 Å². The summed E-state index contributed by atoms with van der Waals surface area (Å²) in [6.45, 7) is 2.19. The first-order valence-electron chi connectivity index (χ1n) is 5.44. The zero-order valence-electron chi connectivity index (χ0n) is 9.42. The Morgan fingerprint density at radius 3 is 2.36 bits per heavy atom. The van der Waals surface area contributed by atoms with Crippen LogP contribution in [0.5, 0.6) is 0 Å². The maximum Gasteiger partial charge on any atom is 1.00 e. The van der Waals surface area contributed by atoms with Gasteiger partial charge in [-0.3, -0.25) is 0 Å². The molecule has 0 aliphatic heterocycles. The zero-order valence-corrected chi connectivity index (χ0v) is 11.4. The molecule has 0 N–H and O–H groups in total. The molecule has 3 heteroatoms. The molecular formula is C11H19NaO2. The maximum atomic E-state index is 10.4. The Kier molecular flexibility index (Phi) is 7.98. The van der Waals surface area contributed by atoms with Crippen LogP contribution in [-0.4, -0.2) is 5.97 Å². The third-order valence-electron chi connectivity index (χ3n) is 3.18. The predicted molar refractivity (Wildman–Crippen MR) is 50.0 cm³/mol. The van der Waals surface area contributed by atoms with Gasteiger partial charge in [-0.25, -0.2) is 0 Å². The van der Waals surface area contributed by atoms with E-state index < -0.39 is 5.97 Å². The monoisotopic (exact) mass is 206 g/mol. The quantitative estimate of drug-likeness (QED) is 0.402. The Morgan fingerprint density at radius 1 is 1.29 bits per heavy atom. The van der Waals surface area contributed by atoms with E-state index in [9.17, 15) is 9.90 Å². The van der Waals surface area contributed by atoms with Crippen molar-refractivity contribution in [1.82, 2.24) is 0 Å². The molecule has 0 aromatic heterocycles. The van der Waals surface area contributed by atoms with Gasteiger partial charge in [-0.05, 0) is 31.1 Å². The van der Waals surface area contributed by atoms with E-state index in [0.29, 0.717) is 11.8 Å². The second-order valence-corrected chi connectivity index (χ2v) is 4.17. The summed E-state index contributed by atoms with van der Waals surface area (Å²) in [4.78, 5) is 10.4. The number of carbonyl (C=O) groups is 1. The van der Waals surface area contributed by atoms with E-state index in [1.54, 1.807) is 0 Å². The van der Waals surface area contributed by atoms with Gasteiger partial charge in [-0.1, -0.05) is 32.6 Å². The van der Waals surface area contributed by atoms with Gasteiger partial charge >= 0.3 is 29.6 Å². The molecule has 2 atom stereocenters. The van der Waals surface area contributed by atoms with Gasteiger partial charge in [0, 0.05) is 5.97 Å². The molecule has 0 aromatic carbocycles. The Bertz CT molecular complexity index is 171. The Morgan fingerprint density at radius 2 is 1.93 bits per heavy atom. The smallest absolute Gasteiger partial charge is 0.550 e. The second-order valence-electron chi connectivity index (χ2n) is 4.17. The standard InChI is InChI=1S/C11H20O2.Na/c1-2-3-4-5-9-6-7-10(9)8-11(12)13;/h9-10H,2-8H2,1H3,(H,12,13);/q;+1/p-1. The molecule has 0 radical (unpaired) electrons. The largest absolute Gasteiger partial charge is 1.00 e. The van der Waals surface area contributed by atoms with Gasteiger partial charge in [0.15, 0.2) is 0 Å². The molecule has 0 amide bonds. The van der Waals surface area contributed by atoms with Crippen molar-refractivity contribution in [3.05, 3.63) is 0 Å². The third kappa shape index (κ3) is 4.81. The van der Waals surface area contributed by atoms with Gasteiger partial charge in [-0.15, -0.1) is 0 Å². The number of unbranched alkanes of at least 4 members (excludes halogenated alkanes) is 2. The summed E-state index contributed by atoms with van der Waals surface area (Å²) >= 11 is 0. The average Bonchev–Trinajstić information content (AvgIpc) is 2.06. The minimum Gasteiger partial charge on any atom is -0.550 e. The first kappa shape index (κ1) is 14.5. The van der Waals surface area contributed by atoms with E-state index in [1.807, 2.05) is 0 Å². The Labute approximate surface area is 109 Å². The van der Waals surface area contributed by atoms with Crippen LogP contribution >= 0.6 is 0 Å². The molecule has 1 fully saturated rings. The number of hydrogen-bond donors (Lipinski definition) is 0. The van der Waals surface area contributed by atoms with Crippen molar-refractivity contribution in [3.8, 4) is 0 Å². The van der Waals surface area contributed by atoms with E-state index >= 15 is 0 Å². The third-order valence-corrected chi connectivity index (χ3v) is 3.18. The van der Waals surface area contributed by atoms with Gasteiger partial charge in [0.2, 0.25) is 0 Å². The molecule has 1 aliphatic carbocycles. The van der Waals surface area contributed by atoms with Crippen LogP contribution in [0, 0.1) is 11.8 Å². The van der Waals surface area contributed by atoms with E-state index in [-0.39, 0.29) is 36.0 Å². The van der Waals surface area contributed by atoms with E-state index in [0.717, 1.165) is 6.42 Å². The SMILES string of the molecule is CCCCCC1CCC1CC(=O)[O-].[Na+]. The summed E-state index contributed by atoms with van der Waals surface area (Å²) < 4.78 is 0. The molecule has 1 rings (SSSR count). The fraction of sp³-hybridized carbons (Fsp3) is 0.909. The normalized spacial score (nSPS) is 24.9. The molecule has 0 heterocycles. The second kappa shape index (κ2) is 7.72. The van der Waals surface area contributed by atoms with Gasteiger partial charge in [0.25, 0.3) is 0 Å². The number of carboxylic acid groups (broad SMARTS) is 1. The fourth-order valence-corrected chi connectivity index (χ4v) is 2.16. The van der Waals surface area contributed by atoms with Gasteiger partial charge in [0.1, 0.15) is 0 Å². The summed E-state index contributed by atoms with van der Waals surface area (Å²) in [6, 6.07) is 0. The zero-order chi connectivity index (χ0) is 9.68. The summed E-state index contributed by atoms with van der Waals surface area (Å²) in [5.41, 5.74) is 0. The Hall–Kier alpha value is 0.470. The molecule has 1 aliphatic rings. The van der Waals surface area contributed by atoms with Crippen LogP contribution < -0.4 is 34.7 Å². The van der Waals surface area contributed by atoms with E-state index in [1.165, 1.54) is 32.1 Å². The minimum absolute atomic E-state index is 0. The van der Waals surface area contributed by atoms with Crippen LogP contribution in [-0.2, 0) is 4.79 Å². The molecular weight excluding hydrogens is 187 g/mol. The first-order chi connectivity index (χ1) is 6.24. The van der Waals surface area contributed by atoms with E-state index in [4.69, 9.17) is 0 Å². The summed E-state index contributed by atoms with van der Waals surface area (Å²) in [5.74, 6) is 0.247. The molecule has 2 nitrogen and oxygen atoms in total. The number of hydrogen-bond acceptors (Lipinski definition) is 2. The number of aliphatic carboxylic acids is 1. The van der Waals surface area contributed by atoms with Gasteiger partial charge < -0.3 is 9.90 Å². The van der Waals surface area contributed by atoms with Crippen molar-refractivity contribution in [1.29, 1.82) is 0 Å². The molecule has 0 aromatic rings. The summed E-state index contributed by atoms with van der Waals surface area (Å²) in [6.07, 6.45) is 7.66. The van der Waals surface area contributed by atoms with Crippen molar-refractivity contribution >= 4 is 5.97 Å². The molecule has 2 unspecified atom stereocenters. The molecule has 1 saturated carbocycles. The van der Waals surface area contributed by atoms with Crippen LogP contribution in [0.4, 0.5) is 0 Å². The summed E-state index contributed by atoms with van der Waals surface area (Å²) in [5, 5.41) is 10.4. The van der Waals surface area contributed by atoms with Crippen LogP contribution in [0.1, 0.15) is 51.9 Å².